The first-order valence-electron chi connectivity index (χ1n) is 14.7. The van der Waals surface area contributed by atoms with E-state index in [4.69, 9.17) is 11.6 Å². The summed E-state index contributed by atoms with van der Waals surface area (Å²) in [7, 11) is -1.02. The number of hydrogen-bond acceptors (Lipinski definition) is 6. The van der Waals surface area contributed by atoms with Crippen molar-refractivity contribution >= 4 is 45.1 Å². The summed E-state index contributed by atoms with van der Waals surface area (Å²) < 4.78 is 15.2. The molecule has 1 aliphatic carbocycles. The molecule has 7 nitrogen and oxygen atoms in total. The first kappa shape index (κ1) is 29.2. The van der Waals surface area contributed by atoms with Crippen LogP contribution in [0.1, 0.15) is 84.2 Å². The topological polar surface area (TPSA) is 80.1 Å². The van der Waals surface area contributed by atoms with Gasteiger partial charge < -0.3 is 10.2 Å². The van der Waals surface area contributed by atoms with Crippen LogP contribution in [0.4, 0.5) is 11.6 Å². The highest BCUT2D eigenvalue weighted by Crippen LogP contribution is 2.46. The van der Waals surface area contributed by atoms with Gasteiger partial charge in [0.05, 0.1) is 10.8 Å². The van der Waals surface area contributed by atoms with Gasteiger partial charge in [0.15, 0.2) is 0 Å². The average molecular weight is 584 g/mol. The Morgan fingerprint density at radius 3 is 2.45 bits per heavy atom. The van der Waals surface area contributed by atoms with Crippen LogP contribution in [0.3, 0.4) is 0 Å². The number of anilines is 2. The van der Waals surface area contributed by atoms with E-state index in [1.807, 2.05) is 39.0 Å². The zero-order chi connectivity index (χ0) is 28.6. The van der Waals surface area contributed by atoms with Gasteiger partial charge in [-0.3, -0.25) is 13.6 Å². The fourth-order valence-electron chi connectivity index (χ4n) is 6.46. The number of likely N-dealkylation sites (tertiary alicyclic amines) is 1. The van der Waals surface area contributed by atoms with E-state index in [-0.39, 0.29) is 21.9 Å². The van der Waals surface area contributed by atoms with Gasteiger partial charge in [-0.25, -0.2) is 4.98 Å². The molecule has 1 saturated carbocycles. The van der Waals surface area contributed by atoms with Crippen LogP contribution in [0.2, 0.25) is 5.02 Å². The first-order chi connectivity index (χ1) is 19.1. The maximum Gasteiger partial charge on any atom is 0.271 e. The molecule has 216 valence electrons. The van der Waals surface area contributed by atoms with E-state index in [0.29, 0.717) is 28.4 Å². The third-order valence-electron chi connectivity index (χ3n) is 9.29. The van der Waals surface area contributed by atoms with E-state index >= 15 is 0 Å². The largest absolute Gasteiger partial charge is 0.324 e. The second-order valence-electron chi connectivity index (χ2n) is 12.1. The lowest BCUT2D eigenvalue weighted by molar-refractivity contribution is 0.0491. The van der Waals surface area contributed by atoms with Gasteiger partial charge in [-0.15, -0.1) is 0 Å². The van der Waals surface area contributed by atoms with E-state index in [1.54, 1.807) is 16.8 Å². The molecule has 3 aromatic rings. The molecule has 3 heterocycles. The molecule has 9 heteroatoms. The molecule has 1 saturated heterocycles. The van der Waals surface area contributed by atoms with Crippen LogP contribution in [-0.2, 0) is 10.8 Å². The van der Waals surface area contributed by atoms with Crippen LogP contribution in [0, 0.1) is 12.3 Å². The van der Waals surface area contributed by atoms with Gasteiger partial charge in [0.25, 0.3) is 5.56 Å². The zero-order valence-corrected chi connectivity index (χ0v) is 25.9. The Morgan fingerprint density at radius 2 is 1.82 bits per heavy atom. The summed E-state index contributed by atoms with van der Waals surface area (Å²) in [5.74, 6) is 0.401. The molecular weight excluding hydrogens is 542 g/mol. The summed E-state index contributed by atoms with van der Waals surface area (Å²) in [5.41, 5.74) is 2.57. The summed E-state index contributed by atoms with van der Waals surface area (Å²) in [6.45, 7) is 12.9. The van der Waals surface area contributed by atoms with Crippen LogP contribution in [0.5, 0.6) is 0 Å². The number of nitrogens with one attached hydrogen (secondary N) is 1. The number of pyridine rings is 1. The molecule has 40 heavy (non-hydrogen) atoms. The Balaban J connectivity index is 1.26. The van der Waals surface area contributed by atoms with Crippen LogP contribution in [0.25, 0.3) is 11.0 Å². The van der Waals surface area contributed by atoms with Crippen molar-refractivity contribution in [3.05, 3.63) is 51.4 Å². The number of aryl methyl sites for hydroxylation is 1. The average Bonchev–Trinajstić information content (AvgIpc) is 2.95. The molecule has 2 fully saturated rings. The SMILES string of the molecule is CCC(C)N1CCC2(CCC(S(=O)c3ccc(Nc4ncc5cc(Cl)c(=O)n(C(C)C)c5n4)c(C)c3)CC2)CC1. The van der Waals surface area contributed by atoms with Gasteiger partial charge >= 0.3 is 0 Å². The number of aromatic nitrogens is 3. The van der Waals surface area contributed by atoms with E-state index in [2.05, 4.69) is 34.0 Å². The molecule has 0 bridgehead atoms. The summed E-state index contributed by atoms with van der Waals surface area (Å²) in [4.78, 5) is 25.3. The molecule has 2 aromatic heterocycles. The van der Waals surface area contributed by atoms with Gasteiger partial charge in [-0.2, -0.15) is 4.98 Å². The molecule has 1 N–H and O–H groups in total. The number of nitrogens with zero attached hydrogens (tertiary/aromatic N) is 4. The lowest BCUT2D eigenvalue weighted by Crippen LogP contribution is -2.45. The number of piperidine rings is 1. The second kappa shape index (κ2) is 11.9. The Morgan fingerprint density at radius 1 is 1.12 bits per heavy atom. The highest BCUT2D eigenvalue weighted by atomic mass is 35.5. The number of fused-ring (bicyclic) bond motifs is 1. The predicted molar refractivity (Wildman–Crippen MR) is 165 cm³/mol. The van der Waals surface area contributed by atoms with E-state index in [0.717, 1.165) is 29.0 Å². The smallest absolute Gasteiger partial charge is 0.271 e. The van der Waals surface area contributed by atoms with Crippen molar-refractivity contribution in [3.63, 3.8) is 0 Å². The second-order valence-corrected chi connectivity index (χ2v) is 14.3. The lowest BCUT2D eigenvalue weighted by Gasteiger charge is -2.47. The molecule has 1 aromatic carbocycles. The summed E-state index contributed by atoms with van der Waals surface area (Å²) in [6.07, 6.45) is 9.94. The molecule has 5 rings (SSSR count). The minimum Gasteiger partial charge on any atom is -0.324 e. The fraction of sp³-hybridized carbons (Fsp3) is 0.581. The third-order valence-corrected chi connectivity index (χ3v) is 11.4. The number of hydrogen-bond donors (Lipinski definition) is 1. The van der Waals surface area contributed by atoms with Crippen molar-refractivity contribution < 1.29 is 4.21 Å². The number of benzene rings is 1. The third kappa shape index (κ3) is 5.86. The summed E-state index contributed by atoms with van der Waals surface area (Å²) in [6, 6.07) is 8.14. The van der Waals surface area contributed by atoms with E-state index in [9.17, 15) is 9.00 Å². The predicted octanol–water partition coefficient (Wildman–Crippen LogP) is 7.01. The minimum atomic E-state index is -1.02. The Labute approximate surface area is 245 Å². The number of rotatable bonds is 7. The first-order valence-corrected chi connectivity index (χ1v) is 16.3. The van der Waals surface area contributed by atoms with Crippen molar-refractivity contribution in [3.8, 4) is 0 Å². The van der Waals surface area contributed by atoms with Gasteiger partial charge in [-0.05, 0) is 121 Å². The van der Waals surface area contributed by atoms with Gasteiger partial charge in [0.1, 0.15) is 10.7 Å². The molecule has 0 radical (unpaired) electrons. The molecule has 1 aliphatic heterocycles. The highest BCUT2D eigenvalue weighted by Gasteiger charge is 2.40. The Bertz CT molecular complexity index is 1450. The molecule has 1 spiro atoms. The number of halogens is 1. The standard InChI is InChI=1S/C31H42ClN5O2S/c1-6-22(5)36-15-13-31(14-16-36)11-9-24(10-12-31)40(39)25-7-8-27(21(4)17-25)34-30-33-19-23-18-26(32)29(38)37(20(2)3)28(23)35-30/h7-8,17-20,22,24H,6,9-16H2,1-5H3,(H,33,34,35). The molecule has 2 unspecified atom stereocenters. The van der Waals surface area contributed by atoms with Crippen molar-refractivity contribution in [2.75, 3.05) is 18.4 Å². The van der Waals surface area contributed by atoms with Gasteiger partial charge in [0.2, 0.25) is 5.95 Å². The van der Waals surface area contributed by atoms with Crippen molar-refractivity contribution in [2.24, 2.45) is 5.41 Å². The quantitative estimate of drug-likeness (QED) is 0.322. The zero-order valence-electron chi connectivity index (χ0n) is 24.4. The van der Waals surface area contributed by atoms with Crippen molar-refractivity contribution in [1.29, 1.82) is 0 Å². The molecule has 2 atom stereocenters. The maximum absolute atomic E-state index is 13.6. The fourth-order valence-corrected chi connectivity index (χ4v) is 8.21. The van der Waals surface area contributed by atoms with Crippen molar-refractivity contribution in [2.45, 2.75) is 102 Å². The van der Waals surface area contributed by atoms with Crippen LogP contribution in [0.15, 0.2) is 40.2 Å². The maximum atomic E-state index is 13.6. The Hall–Kier alpha value is -2.29. The molecule has 0 amide bonds. The molecule has 2 aliphatic rings. The van der Waals surface area contributed by atoms with Crippen LogP contribution < -0.4 is 10.9 Å². The minimum absolute atomic E-state index is 0.0975. The molecular formula is C31H42ClN5O2S. The van der Waals surface area contributed by atoms with E-state index < -0.39 is 10.8 Å². The summed E-state index contributed by atoms with van der Waals surface area (Å²) >= 11 is 6.15. The van der Waals surface area contributed by atoms with Crippen LogP contribution >= 0.6 is 11.6 Å². The monoisotopic (exact) mass is 583 g/mol. The van der Waals surface area contributed by atoms with Crippen molar-refractivity contribution in [1.82, 2.24) is 19.4 Å². The lowest BCUT2D eigenvalue weighted by atomic mass is 9.68. The highest BCUT2D eigenvalue weighted by molar-refractivity contribution is 7.85. The van der Waals surface area contributed by atoms with Gasteiger partial charge in [-0.1, -0.05) is 18.5 Å². The van der Waals surface area contributed by atoms with Gasteiger partial charge in [0, 0.05) is 39.5 Å². The normalized spacial score (nSPS) is 19.8. The summed E-state index contributed by atoms with van der Waals surface area (Å²) in [5, 5.41) is 4.38. The Kier molecular flexibility index (Phi) is 8.69. The van der Waals surface area contributed by atoms with Crippen LogP contribution in [-0.4, -0.2) is 48.0 Å². The van der Waals surface area contributed by atoms with E-state index in [1.165, 1.54) is 45.2 Å².